The molecule has 1 heterocycles. The van der Waals surface area contributed by atoms with Crippen molar-refractivity contribution in [2.45, 2.75) is 38.0 Å². The number of ether oxygens (including phenoxy) is 3. The van der Waals surface area contributed by atoms with E-state index < -0.39 is 5.60 Å². The Kier molecular flexibility index (Phi) is 5.08. The van der Waals surface area contributed by atoms with E-state index in [1.807, 2.05) is 25.1 Å². The van der Waals surface area contributed by atoms with Gasteiger partial charge in [-0.05, 0) is 31.5 Å². The first-order chi connectivity index (χ1) is 10.00. The maximum absolute atomic E-state index is 10.5. The SMILES string of the molecule is COc1ccc(C(C)NCC2(O)CCOC2C)cc1OC. The fourth-order valence-corrected chi connectivity index (χ4v) is 2.57. The molecule has 0 aliphatic carbocycles. The zero-order valence-electron chi connectivity index (χ0n) is 13.2. The highest BCUT2D eigenvalue weighted by atomic mass is 16.5. The zero-order chi connectivity index (χ0) is 15.5. The van der Waals surface area contributed by atoms with Crippen molar-refractivity contribution in [2.24, 2.45) is 0 Å². The molecule has 1 saturated heterocycles. The van der Waals surface area contributed by atoms with Gasteiger partial charge in [0.2, 0.25) is 0 Å². The third-order valence-electron chi connectivity index (χ3n) is 4.28. The van der Waals surface area contributed by atoms with E-state index in [0.717, 1.165) is 5.56 Å². The van der Waals surface area contributed by atoms with Crippen molar-refractivity contribution in [2.75, 3.05) is 27.4 Å². The Hall–Kier alpha value is -1.30. The highest BCUT2D eigenvalue weighted by Crippen LogP contribution is 2.30. The first kappa shape index (κ1) is 16.1. The van der Waals surface area contributed by atoms with Crippen LogP contribution in [-0.4, -0.2) is 44.2 Å². The fraction of sp³-hybridized carbons (Fsp3) is 0.625. The van der Waals surface area contributed by atoms with Gasteiger partial charge in [0.05, 0.1) is 20.3 Å². The van der Waals surface area contributed by atoms with Crippen LogP contribution in [0.4, 0.5) is 0 Å². The molecule has 21 heavy (non-hydrogen) atoms. The van der Waals surface area contributed by atoms with Crippen LogP contribution in [-0.2, 0) is 4.74 Å². The van der Waals surface area contributed by atoms with Crippen LogP contribution < -0.4 is 14.8 Å². The third kappa shape index (κ3) is 3.48. The van der Waals surface area contributed by atoms with Crippen LogP contribution in [0.25, 0.3) is 0 Å². The Bertz CT molecular complexity index is 479. The van der Waals surface area contributed by atoms with E-state index in [1.54, 1.807) is 14.2 Å². The number of aliphatic hydroxyl groups is 1. The molecule has 2 rings (SSSR count). The fourth-order valence-electron chi connectivity index (χ4n) is 2.57. The Morgan fingerprint density at radius 2 is 2.10 bits per heavy atom. The second kappa shape index (κ2) is 6.64. The molecule has 3 atom stereocenters. The number of nitrogens with one attached hydrogen (secondary N) is 1. The first-order valence-electron chi connectivity index (χ1n) is 7.29. The molecular formula is C16H25NO4. The Morgan fingerprint density at radius 3 is 2.67 bits per heavy atom. The summed E-state index contributed by atoms with van der Waals surface area (Å²) < 4.78 is 16.0. The summed E-state index contributed by atoms with van der Waals surface area (Å²) in [5.41, 5.74) is 0.299. The van der Waals surface area contributed by atoms with Crippen molar-refractivity contribution in [3.05, 3.63) is 23.8 Å². The summed E-state index contributed by atoms with van der Waals surface area (Å²) in [5, 5.41) is 13.9. The lowest BCUT2D eigenvalue weighted by Crippen LogP contribution is -2.46. The van der Waals surface area contributed by atoms with Gasteiger partial charge >= 0.3 is 0 Å². The summed E-state index contributed by atoms with van der Waals surface area (Å²) >= 11 is 0. The molecular weight excluding hydrogens is 270 g/mol. The molecule has 1 fully saturated rings. The van der Waals surface area contributed by atoms with Gasteiger partial charge in [0.25, 0.3) is 0 Å². The number of benzene rings is 1. The van der Waals surface area contributed by atoms with Crippen molar-refractivity contribution < 1.29 is 19.3 Å². The molecule has 2 N–H and O–H groups in total. The van der Waals surface area contributed by atoms with Crippen LogP contribution in [0, 0.1) is 0 Å². The predicted molar refractivity (Wildman–Crippen MR) is 80.9 cm³/mol. The Morgan fingerprint density at radius 1 is 1.38 bits per heavy atom. The van der Waals surface area contributed by atoms with Gasteiger partial charge in [-0.25, -0.2) is 0 Å². The standard InChI is InChI=1S/C16H25NO4/c1-11(17-10-16(18)7-8-21-12(16)2)13-5-6-14(19-3)15(9-13)20-4/h5-6,9,11-12,17-18H,7-8,10H2,1-4H3. The maximum Gasteiger partial charge on any atom is 0.161 e. The van der Waals surface area contributed by atoms with Crippen LogP contribution in [0.15, 0.2) is 18.2 Å². The Balaban J connectivity index is 2.01. The lowest BCUT2D eigenvalue weighted by Gasteiger charge is -2.28. The van der Waals surface area contributed by atoms with Crippen LogP contribution in [0.3, 0.4) is 0 Å². The average Bonchev–Trinajstić information content (AvgIpc) is 2.84. The molecule has 118 valence electrons. The summed E-state index contributed by atoms with van der Waals surface area (Å²) in [6.45, 7) is 5.09. The van der Waals surface area contributed by atoms with E-state index in [2.05, 4.69) is 12.2 Å². The summed E-state index contributed by atoms with van der Waals surface area (Å²) in [4.78, 5) is 0. The molecule has 0 amide bonds. The van der Waals surface area contributed by atoms with Gasteiger partial charge in [0, 0.05) is 25.6 Å². The molecule has 1 aromatic carbocycles. The van der Waals surface area contributed by atoms with Crippen molar-refractivity contribution in [1.29, 1.82) is 0 Å². The highest BCUT2D eigenvalue weighted by Gasteiger charge is 2.39. The number of methoxy groups -OCH3 is 2. The van der Waals surface area contributed by atoms with E-state index in [1.165, 1.54) is 0 Å². The van der Waals surface area contributed by atoms with Crippen molar-refractivity contribution in [3.63, 3.8) is 0 Å². The molecule has 1 aliphatic heterocycles. The predicted octanol–water partition coefficient (Wildman–Crippen LogP) is 1.89. The van der Waals surface area contributed by atoms with Crippen LogP contribution in [0.1, 0.15) is 31.9 Å². The molecule has 0 aromatic heterocycles. The van der Waals surface area contributed by atoms with Crippen LogP contribution >= 0.6 is 0 Å². The molecule has 0 radical (unpaired) electrons. The van der Waals surface area contributed by atoms with E-state index in [9.17, 15) is 5.11 Å². The minimum absolute atomic E-state index is 0.0987. The lowest BCUT2D eigenvalue weighted by molar-refractivity contribution is -0.0274. The minimum atomic E-state index is -0.787. The number of hydrogen-bond donors (Lipinski definition) is 2. The summed E-state index contributed by atoms with van der Waals surface area (Å²) in [5.74, 6) is 1.42. The van der Waals surface area contributed by atoms with Crippen LogP contribution in [0.2, 0.25) is 0 Å². The van der Waals surface area contributed by atoms with Gasteiger partial charge in [-0.15, -0.1) is 0 Å². The maximum atomic E-state index is 10.5. The monoisotopic (exact) mass is 295 g/mol. The van der Waals surface area contributed by atoms with Gasteiger partial charge in [0.15, 0.2) is 11.5 Å². The van der Waals surface area contributed by atoms with E-state index in [4.69, 9.17) is 14.2 Å². The largest absolute Gasteiger partial charge is 0.493 e. The van der Waals surface area contributed by atoms with Crippen molar-refractivity contribution in [1.82, 2.24) is 5.32 Å². The molecule has 5 nitrogen and oxygen atoms in total. The molecule has 0 saturated carbocycles. The van der Waals surface area contributed by atoms with Crippen molar-refractivity contribution in [3.8, 4) is 11.5 Å². The zero-order valence-corrected chi connectivity index (χ0v) is 13.2. The lowest BCUT2D eigenvalue weighted by atomic mass is 9.96. The number of rotatable bonds is 6. The topological polar surface area (TPSA) is 60.0 Å². The smallest absolute Gasteiger partial charge is 0.161 e. The molecule has 1 aromatic rings. The normalized spacial score (nSPS) is 26.6. The number of hydrogen-bond acceptors (Lipinski definition) is 5. The minimum Gasteiger partial charge on any atom is -0.493 e. The van der Waals surface area contributed by atoms with E-state index >= 15 is 0 Å². The summed E-state index contributed by atoms with van der Waals surface area (Å²) in [6, 6.07) is 5.94. The Labute approximate surface area is 126 Å². The molecule has 0 bridgehead atoms. The van der Waals surface area contributed by atoms with Gasteiger partial charge < -0.3 is 24.6 Å². The summed E-state index contributed by atoms with van der Waals surface area (Å²) in [6.07, 6.45) is 0.530. The van der Waals surface area contributed by atoms with E-state index in [0.29, 0.717) is 31.1 Å². The second-order valence-electron chi connectivity index (χ2n) is 5.58. The van der Waals surface area contributed by atoms with E-state index in [-0.39, 0.29) is 12.1 Å². The van der Waals surface area contributed by atoms with Gasteiger partial charge in [0.1, 0.15) is 5.60 Å². The third-order valence-corrected chi connectivity index (χ3v) is 4.28. The first-order valence-corrected chi connectivity index (χ1v) is 7.29. The van der Waals surface area contributed by atoms with Gasteiger partial charge in [-0.2, -0.15) is 0 Å². The molecule has 1 aliphatic rings. The quantitative estimate of drug-likeness (QED) is 0.839. The highest BCUT2D eigenvalue weighted by molar-refractivity contribution is 5.43. The van der Waals surface area contributed by atoms with Gasteiger partial charge in [-0.3, -0.25) is 0 Å². The van der Waals surface area contributed by atoms with Gasteiger partial charge in [-0.1, -0.05) is 6.07 Å². The molecule has 5 heteroatoms. The second-order valence-corrected chi connectivity index (χ2v) is 5.58. The van der Waals surface area contributed by atoms with Crippen LogP contribution in [0.5, 0.6) is 11.5 Å². The average molecular weight is 295 g/mol. The molecule has 3 unspecified atom stereocenters. The van der Waals surface area contributed by atoms with Crippen molar-refractivity contribution >= 4 is 0 Å². The molecule has 0 spiro atoms. The summed E-state index contributed by atoms with van der Waals surface area (Å²) in [7, 11) is 3.25.